The van der Waals surface area contributed by atoms with Gasteiger partial charge in [-0.05, 0) is 54.1 Å². The number of sulfone groups is 1. The number of hydroxylamine groups is 1. The molecule has 0 aliphatic heterocycles. The average molecular weight is 482 g/mol. The first-order chi connectivity index (χ1) is 15.8. The smallest absolute Gasteiger partial charge is 0.277 e. The van der Waals surface area contributed by atoms with E-state index in [2.05, 4.69) is 0 Å². The van der Waals surface area contributed by atoms with Gasteiger partial charge in [-0.3, -0.25) is 0 Å². The van der Waals surface area contributed by atoms with Crippen LogP contribution in [-0.4, -0.2) is 28.5 Å². The molecule has 0 spiro atoms. The molecule has 168 valence electrons. The molecule has 0 fully saturated rings. The summed E-state index contributed by atoms with van der Waals surface area (Å²) in [4.78, 5) is 0.244. The lowest BCUT2D eigenvalue weighted by molar-refractivity contribution is 0.320. The van der Waals surface area contributed by atoms with E-state index in [9.17, 15) is 16.8 Å². The number of benzene rings is 3. The number of nitriles is 1. The number of thiol groups is 1. The lowest BCUT2D eigenvalue weighted by Crippen LogP contribution is -2.16. The second-order valence-corrected chi connectivity index (χ2v) is 9.77. The third-order valence-corrected chi connectivity index (χ3v) is 7.25. The Morgan fingerprint density at radius 2 is 1.73 bits per heavy atom. The molecule has 1 heterocycles. The number of nitrogens with zero attached hydrogens (tertiary/aromatic N) is 3. The maximum atomic E-state index is 13.2. The summed E-state index contributed by atoms with van der Waals surface area (Å²) >= 11 is 0. The number of hydrogen-bond donors (Lipinski definition) is 1. The molecule has 0 saturated carbocycles. The number of hydrogen-bond acceptors (Lipinski definition) is 7. The monoisotopic (exact) mass is 481 g/mol. The van der Waals surface area contributed by atoms with Gasteiger partial charge in [0.25, 0.3) is 11.0 Å². The van der Waals surface area contributed by atoms with Crippen LogP contribution >= 0.6 is 0 Å². The van der Waals surface area contributed by atoms with E-state index >= 15 is 0 Å². The predicted molar refractivity (Wildman–Crippen MR) is 124 cm³/mol. The second-order valence-electron chi connectivity index (χ2n) is 7.21. The third kappa shape index (κ3) is 4.61. The summed E-state index contributed by atoms with van der Waals surface area (Å²) in [5.74, 6) is 0. The predicted octanol–water partition coefficient (Wildman–Crippen LogP) is 3.42. The number of fused-ring (bicyclic) bond motifs is 1. The molecule has 8 nitrogen and oxygen atoms in total. The molecule has 4 rings (SSSR count). The van der Waals surface area contributed by atoms with Crippen LogP contribution in [0.15, 0.2) is 88.8 Å². The highest BCUT2D eigenvalue weighted by molar-refractivity contribution is 7.91. The molecule has 0 aliphatic rings. The quantitative estimate of drug-likeness (QED) is 0.318. The van der Waals surface area contributed by atoms with Gasteiger partial charge < -0.3 is 4.57 Å². The van der Waals surface area contributed by atoms with Crippen LogP contribution in [0.4, 0.5) is 5.69 Å². The van der Waals surface area contributed by atoms with E-state index in [4.69, 9.17) is 9.55 Å². The lowest BCUT2D eigenvalue weighted by atomic mass is 10.2. The van der Waals surface area contributed by atoms with Crippen molar-refractivity contribution in [2.24, 2.45) is 0 Å². The fraction of sp³-hybridized carbons (Fsp3) is 0.0870. The van der Waals surface area contributed by atoms with E-state index in [1.807, 2.05) is 29.0 Å². The first-order valence-corrected chi connectivity index (χ1v) is 12.4. The number of rotatable bonds is 7. The number of anilines is 1. The normalized spacial score (nSPS) is 11.5. The lowest BCUT2D eigenvalue weighted by Gasteiger charge is -2.15. The van der Waals surface area contributed by atoms with Gasteiger partial charge in [-0.2, -0.15) is 9.55 Å². The van der Waals surface area contributed by atoms with Gasteiger partial charge >= 0.3 is 0 Å². The minimum absolute atomic E-state index is 0.121. The Hall–Kier alpha value is -3.65. The molecule has 0 amide bonds. The molecule has 0 saturated heterocycles. The van der Waals surface area contributed by atoms with Crippen LogP contribution in [0, 0.1) is 11.3 Å². The molecule has 3 aromatic carbocycles. The zero-order valence-electron chi connectivity index (χ0n) is 17.5. The van der Waals surface area contributed by atoms with Crippen LogP contribution in [0.1, 0.15) is 5.56 Å². The molecule has 0 aliphatic carbocycles. The topological polar surface area (TPSA) is 109 Å². The van der Waals surface area contributed by atoms with E-state index in [1.165, 1.54) is 25.2 Å². The van der Waals surface area contributed by atoms with Crippen molar-refractivity contribution in [1.82, 2.24) is 4.57 Å². The van der Waals surface area contributed by atoms with Crippen LogP contribution in [0.3, 0.4) is 0 Å². The van der Waals surface area contributed by atoms with Crippen molar-refractivity contribution in [3.63, 3.8) is 0 Å². The minimum atomic E-state index is -3.80. The highest BCUT2D eigenvalue weighted by Crippen LogP contribution is 2.28. The van der Waals surface area contributed by atoms with Gasteiger partial charge in [-0.15, -0.1) is 0 Å². The molecule has 33 heavy (non-hydrogen) atoms. The van der Waals surface area contributed by atoms with Gasteiger partial charge in [-0.25, -0.2) is 21.9 Å². The highest BCUT2D eigenvalue weighted by Gasteiger charge is 2.19. The van der Waals surface area contributed by atoms with Crippen molar-refractivity contribution >= 4 is 37.4 Å². The van der Waals surface area contributed by atoms with Gasteiger partial charge in [-0.1, -0.05) is 24.3 Å². The van der Waals surface area contributed by atoms with E-state index < -0.39 is 20.8 Å². The highest BCUT2D eigenvalue weighted by atomic mass is 32.2. The van der Waals surface area contributed by atoms with Crippen molar-refractivity contribution in [2.45, 2.75) is 16.2 Å². The fourth-order valence-electron chi connectivity index (χ4n) is 3.54. The Kier molecular flexibility index (Phi) is 6.20. The summed E-state index contributed by atoms with van der Waals surface area (Å²) in [6.07, 6.45) is 1.93. The largest absolute Gasteiger partial charge is 0.316 e. The maximum Gasteiger partial charge on any atom is 0.277 e. The van der Waals surface area contributed by atoms with Crippen LogP contribution in [-0.2, 0) is 31.5 Å². The molecule has 10 heteroatoms. The van der Waals surface area contributed by atoms with Gasteiger partial charge in [0, 0.05) is 24.3 Å². The standard InChI is InChI=1S/C23H19N3O5S2/c1-25(31-32(27)28)19-9-8-18-11-13-26(23(18)16-19)20-5-3-7-22(15-20)33(29,30)21-6-2-4-17(14-21)10-12-24/h2-9,11,13-16,32H,10H2,1H3. The van der Waals surface area contributed by atoms with Gasteiger partial charge in [0.05, 0.1) is 33.5 Å². The van der Waals surface area contributed by atoms with E-state index in [0.717, 1.165) is 16.0 Å². The van der Waals surface area contributed by atoms with Crippen molar-refractivity contribution in [1.29, 1.82) is 5.26 Å². The molecule has 0 bridgehead atoms. The van der Waals surface area contributed by atoms with Gasteiger partial charge in [0.15, 0.2) is 0 Å². The van der Waals surface area contributed by atoms with Crippen molar-refractivity contribution < 1.29 is 21.1 Å². The van der Waals surface area contributed by atoms with Crippen LogP contribution in [0.2, 0.25) is 0 Å². The second kappa shape index (κ2) is 9.07. The van der Waals surface area contributed by atoms with E-state index in [0.29, 0.717) is 16.9 Å². The summed E-state index contributed by atoms with van der Waals surface area (Å²) in [5, 5.41) is 10.9. The first kappa shape index (κ1) is 22.5. The summed E-state index contributed by atoms with van der Waals surface area (Å²) in [6, 6.07) is 22.1. The molecule has 0 atom stereocenters. The SMILES string of the molecule is CN(O[SH](=O)=O)c1ccc2ccn(-c3cccc(S(=O)(=O)c4cccc(CC#N)c4)c3)c2c1. The molecule has 0 unspecified atom stereocenters. The van der Waals surface area contributed by atoms with Crippen molar-refractivity contribution in [2.75, 3.05) is 12.1 Å². The van der Waals surface area contributed by atoms with Gasteiger partial charge in [0.2, 0.25) is 9.84 Å². The molecule has 4 aromatic rings. The fourth-order valence-corrected chi connectivity index (χ4v) is 5.20. The molecular weight excluding hydrogens is 462 g/mol. The molecular formula is C23H19N3O5S2. The van der Waals surface area contributed by atoms with Crippen LogP contribution in [0.25, 0.3) is 16.6 Å². The summed E-state index contributed by atoms with van der Waals surface area (Å²) in [5.41, 5.74) is 2.51. The zero-order chi connectivity index (χ0) is 23.6. The van der Waals surface area contributed by atoms with Crippen LogP contribution in [0.5, 0.6) is 0 Å². The summed E-state index contributed by atoms with van der Waals surface area (Å²) in [6.45, 7) is 0. The van der Waals surface area contributed by atoms with E-state index in [1.54, 1.807) is 42.5 Å². The Morgan fingerprint density at radius 3 is 2.45 bits per heavy atom. The summed E-state index contributed by atoms with van der Waals surface area (Å²) < 4.78 is 54.8. The van der Waals surface area contributed by atoms with Crippen molar-refractivity contribution in [3.8, 4) is 11.8 Å². The Labute approximate surface area is 192 Å². The zero-order valence-corrected chi connectivity index (χ0v) is 19.2. The van der Waals surface area contributed by atoms with Crippen molar-refractivity contribution in [3.05, 3.63) is 84.6 Å². The number of aromatic nitrogens is 1. The molecule has 0 N–H and O–H groups in total. The summed E-state index contributed by atoms with van der Waals surface area (Å²) in [7, 11) is -5.38. The third-order valence-electron chi connectivity index (χ3n) is 5.13. The molecule has 0 radical (unpaired) electrons. The maximum absolute atomic E-state index is 13.2. The Morgan fingerprint density at radius 1 is 1.00 bits per heavy atom. The average Bonchev–Trinajstić information content (AvgIpc) is 3.22. The van der Waals surface area contributed by atoms with Gasteiger partial charge in [0.1, 0.15) is 0 Å². The Balaban J connectivity index is 1.76. The minimum Gasteiger partial charge on any atom is -0.316 e. The Bertz CT molecular complexity index is 1560. The van der Waals surface area contributed by atoms with Crippen LogP contribution < -0.4 is 5.06 Å². The van der Waals surface area contributed by atoms with E-state index in [-0.39, 0.29) is 16.2 Å². The first-order valence-electron chi connectivity index (χ1n) is 9.78. The molecule has 1 aromatic heterocycles.